The molecule has 5 nitrogen and oxygen atoms in total. The molecule has 0 aliphatic heterocycles. The number of nitrogens with zero attached hydrogens (tertiary/aromatic N) is 4. The van der Waals surface area contributed by atoms with Gasteiger partial charge in [0.05, 0.1) is 7.05 Å². The molecule has 1 atom stereocenters. The fraction of sp³-hybridized carbons (Fsp3) is 0.417. The van der Waals surface area contributed by atoms with E-state index >= 15 is 0 Å². The molecule has 0 fully saturated rings. The highest BCUT2D eigenvalue weighted by atomic mass is 32.2. The number of aromatic nitrogens is 4. The SMILES string of the molecule is CCSc1ccc(C(N)Cc2nnn(C)n2)cc1. The minimum atomic E-state index is -0.0881. The first-order valence-electron chi connectivity index (χ1n) is 5.90. The normalized spacial score (nSPS) is 12.6. The van der Waals surface area contributed by atoms with Crippen molar-refractivity contribution in [1.82, 2.24) is 20.2 Å². The molecule has 2 aromatic rings. The van der Waals surface area contributed by atoms with E-state index in [-0.39, 0.29) is 6.04 Å². The van der Waals surface area contributed by atoms with Crippen molar-refractivity contribution in [3.63, 3.8) is 0 Å². The van der Waals surface area contributed by atoms with Crippen LogP contribution in [0.4, 0.5) is 0 Å². The van der Waals surface area contributed by atoms with Crippen molar-refractivity contribution >= 4 is 11.8 Å². The second-order valence-electron chi connectivity index (χ2n) is 4.01. The summed E-state index contributed by atoms with van der Waals surface area (Å²) in [7, 11) is 1.75. The third-order valence-electron chi connectivity index (χ3n) is 2.57. The molecule has 0 aliphatic rings. The average molecular weight is 263 g/mol. The predicted molar refractivity (Wildman–Crippen MR) is 72.3 cm³/mol. The molecule has 0 saturated carbocycles. The van der Waals surface area contributed by atoms with E-state index in [1.54, 1.807) is 7.05 Å². The van der Waals surface area contributed by atoms with Crippen LogP contribution in [0.25, 0.3) is 0 Å². The van der Waals surface area contributed by atoms with Gasteiger partial charge in [-0.2, -0.15) is 4.80 Å². The van der Waals surface area contributed by atoms with Crippen LogP contribution in [0.3, 0.4) is 0 Å². The van der Waals surface area contributed by atoms with Crippen molar-refractivity contribution in [2.75, 3.05) is 5.75 Å². The Morgan fingerprint density at radius 2 is 2.06 bits per heavy atom. The van der Waals surface area contributed by atoms with Crippen LogP contribution >= 0.6 is 11.8 Å². The lowest BCUT2D eigenvalue weighted by molar-refractivity contribution is 0.622. The van der Waals surface area contributed by atoms with Gasteiger partial charge < -0.3 is 5.73 Å². The Bertz CT molecular complexity index is 493. The molecule has 2 N–H and O–H groups in total. The van der Waals surface area contributed by atoms with Gasteiger partial charge in [0, 0.05) is 17.4 Å². The van der Waals surface area contributed by atoms with Crippen LogP contribution < -0.4 is 5.73 Å². The number of hydrogen-bond acceptors (Lipinski definition) is 5. The maximum Gasteiger partial charge on any atom is 0.176 e. The zero-order chi connectivity index (χ0) is 13.0. The van der Waals surface area contributed by atoms with Crippen molar-refractivity contribution in [1.29, 1.82) is 0 Å². The van der Waals surface area contributed by atoms with Crippen LogP contribution in [0.1, 0.15) is 24.4 Å². The second kappa shape index (κ2) is 5.97. The third kappa shape index (κ3) is 3.30. The molecule has 0 saturated heterocycles. The lowest BCUT2D eigenvalue weighted by atomic mass is 10.0. The predicted octanol–water partition coefficient (Wildman–Crippen LogP) is 1.56. The van der Waals surface area contributed by atoms with Gasteiger partial charge in [0.2, 0.25) is 0 Å². The standard InChI is InChI=1S/C12H17N5S/c1-3-18-10-6-4-9(5-7-10)11(13)8-12-14-16-17(2)15-12/h4-7,11H,3,8,13H2,1-2H3. The van der Waals surface area contributed by atoms with Crippen molar-refractivity contribution in [3.05, 3.63) is 35.7 Å². The highest BCUT2D eigenvalue weighted by Crippen LogP contribution is 2.21. The summed E-state index contributed by atoms with van der Waals surface area (Å²) in [4.78, 5) is 2.72. The molecule has 0 radical (unpaired) electrons. The Hall–Kier alpha value is -1.40. The summed E-state index contributed by atoms with van der Waals surface area (Å²) >= 11 is 1.82. The molecule has 0 amide bonds. The fourth-order valence-corrected chi connectivity index (χ4v) is 2.36. The maximum absolute atomic E-state index is 6.14. The van der Waals surface area contributed by atoms with Gasteiger partial charge in [-0.25, -0.2) is 0 Å². The number of hydrogen-bond donors (Lipinski definition) is 1. The van der Waals surface area contributed by atoms with E-state index in [0.29, 0.717) is 12.2 Å². The molecule has 1 unspecified atom stereocenters. The number of rotatable bonds is 5. The zero-order valence-electron chi connectivity index (χ0n) is 10.6. The average Bonchev–Trinajstić information content (AvgIpc) is 2.76. The Kier molecular flexibility index (Phi) is 4.33. The zero-order valence-corrected chi connectivity index (χ0v) is 11.4. The Balaban J connectivity index is 2.02. The first-order valence-corrected chi connectivity index (χ1v) is 6.89. The van der Waals surface area contributed by atoms with Gasteiger partial charge in [-0.05, 0) is 28.7 Å². The highest BCUT2D eigenvalue weighted by molar-refractivity contribution is 7.99. The fourth-order valence-electron chi connectivity index (χ4n) is 1.70. The molecule has 0 aliphatic carbocycles. The van der Waals surface area contributed by atoms with Gasteiger partial charge in [0.1, 0.15) is 0 Å². The Morgan fingerprint density at radius 1 is 1.33 bits per heavy atom. The Morgan fingerprint density at radius 3 is 2.61 bits per heavy atom. The molecular formula is C12H17N5S. The first kappa shape index (κ1) is 13.0. The van der Waals surface area contributed by atoms with Crippen LogP contribution in [0, 0.1) is 0 Å². The van der Waals surface area contributed by atoms with Gasteiger partial charge in [-0.1, -0.05) is 19.1 Å². The van der Waals surface area contributed by atoms with E-state index in [0.717, 1.165) is 11.3 Å². The largest absolute Gasteiger partial charge is 0.324 e. The van der Waals surface area contributed by atoms with Gasteiger partial charge in [0.15, 0.2) is 5.82 Å². The van der Waals surface area contributed by atoms with Crippen molar-refractivity contribution < 1.29 is 0 Å². The molecule has 0 spiro atoms. The molecule has 1 aromatic carbocycles. The van der Waals surface area contributed by atoms with Crippen LogP contribution in [-0.4, -0.2) is 26.0 Å². The van der Waals surface area contributed by atoms with Crippen LogP contribution in [0.5, 0.6) is 0 Å². The van der Waals surface area contributed by atoms with Gasteiger partial charge >= 0.3 is 0 Å². The molecule has 2 rings (SSSR count). The number of tetrazole rings is 1. The number of thioether (sulfide) groups is 1. The molecular weight excluding hydrogens is 246 g/mol. The summed E-state index contributed by atoms with van der Waals surface area (Å²) in [5.41, 5.74) is 7.24. The molecule has 18 heavy (non-hydrogen) atoms. The van der Waals surface area contributed by atoms with Crippen LogP contribution in [0.2, 0.25) is 0 Å². The van der Waals surface area contributed by atoms with E-state index < -0.39 is 0 Å². The second-order valence-corrected chi connectivity index (χ2v) is 5.35. The summed E-state index contributed by atoms with van der Waals surface area (Å²) in [6, 6.07) is 8.26. The van der Waals surface area contributed by atoms with E-state index in [4.69, 9.17) is 5.73 Å². The summed E-state index contributed by atoms with van der Waals surface area (Å²) in [5, 5.41) is 11.9. The summed E-state index contributed by atoms with van der Waals surface area (Å²) in [6.45, 7) is 2.14. The molecule has 1 aromatic heterocycles. The highest BCUT2D eigenvalue weighted by Gasteiger charge is 2.10. The Labute approximate surface area is 111 Å². The van der Waals surface area contributed by atoms with Crippen molar-refractivity contribution in [3.8, 4) is 0 Å². The number of aryl methyl sites for hydroxylation is 1. The number of nitrogens with two attached hydrogens (primary N) is 1. The minimum Gasteiger partial charge on any atom is -0.324 e. The van der Waals surface area contributed by atoms with Gasteiger partial charge in [-0.15, -0.1) is 22.0 Å². The van der Waals surface area contributed by atoms with Crippen LogP contribution in [0.15, 0.2) is 29.2 Å². The maximum atomic E-state index is 6.14. The van der Waals surface area contributed by atoms with E-state index in [1.807, 2.05) is 11.8 Å². The summed E-state index contributed by atoms with van der Waals surface area (Å²) < 4.78 is 0. The topological polar surface area (TPSA) is 69.6 Å². The lowest BCUT2D eigenvalue weighted by Gasteiger charge is -2.10. The van der Waals surface area contributed by atoms with Gasteiger partial charge in [-0.3, -0.25) is 0 Å². The first-order chi connectivity index (χ1) is 8.69. The molecule has 96 valence electrons. The minimum absolute atomic E-state index is 0.0881. The molecule has 1 heterocycles. The van der Waals surface area contributed by atoms with Crippen molar-refractivity contribution in [2.24, 2.45) is 12.8 Å². The monoisotopic (exact) mass is 263 g/mol. The quantitative estimate of drug-likeness (QED) is 0.829. The summed E-state index contributed by atoms with van der Waals surface area (Å²) in [5.74, 6) is 1.76. The van der Waals surface area contributed by atoms with Gasteiger partial charge in [0.25, 0.3) is 0 Å². The summed E-state index contributed by atoms with van der Waals surface area (Å²) in [6.07, 6.45) is 0.605. The van der Waals surface area contributed by atoms with E-state index in [9.17, 15) is 0 Å². The van der Waals surface area contributed by atoms with E-state index in [2.05, 4.69) is 46.6 Å². The molecule has 0 bridgehead atoms. The molecule has 6 heteroatoms. The van der Waals surface area contributed by atoms with Crippen molar-refractivity contribution in [2.45, 2.75) is 24.3 Å². The van der Waals surface area contributed by atoms with Crippen LogP contribution in [-0.2, 0) is 13.5 Å². The third-order valence-corrected chi connectivity index (χ3v) is 3.47. The lowest BCUT2D eigenvalue weighted by Crippen LogP contribution is -2.14. The number of benzene rings is 1. The van der Waals surface area contributed by atoms with E-state index in [1.165, 1.54) is 9.69 Å². The smallest absolute Gasteiger partial charge is 0.176 e.